The van der Waals surface area contributed by atoms with E-state index in [0.717, 1.165) is 21.7 Å². The molecule has 0 radical (unpaired) electrons. The fourth-order valence-electron chi connectivity index (χ4n) is 3.43. The third kappa shape index (κ3) is 6.44. The maximum Gasteiger partial charge on any atom is 0.322 e. The minimum absolute atomic E-state index is 0.0204. The highest BCUT2D eigenvalue weighted by Crippen LogP contribution is 2.20. The Balaban J connectivity index is 1.76. The van der Waals surface area contributed by atoms with Gasteiger partial charge in [0.05, 0.1) is 6.54 Å². The van der Waals surface area contributed by atoms with E-state index in [4.69, 9.17) is 0 Å². The molecule has 0 saturated heterocycles. The summed E-state index contributed by atoms with van der Waals surface area (Å²) >= 11 is 1.69. The Bertz CT molecular complexity index is 1050. The average Bonchev–Trinajstić information content (AvgIpc) is 3.18. The van der Waals surface area contributed by atoms with Gasteiger partial charge in [0.15, 0.2) is 0 Å². The molecule has 168 valence electrons. The Hall–Kier alpha value is -3.12. The van der Waals surface area contributed by atoms with Crippen molar-refractivity contribution in [2.75, 3.05) is 11.9 Å². The highest BCUT2D eigenvalue weighted by molar-refractivity contribution is 7.11. The Morgan fingerprint density at radius 3 is 2.22 bits per heavy atom. The number of nitrogens with one attached hydrogen (secondary N) is 1. The fourth-order valence-corrected chi connectivity index (χ4v) is 4.34. The van der Waals surface area contributed by atoms with Gasteiger partial charge in [-0.1, -0.05) is 48.5 Å². The molecule has 0 fully saturated rings. The first-order valence-electron chi connectivity index (χ1n) is 10.8. The summed E-state index contributed by atoms with van der Waals surface area (Å²) < 4.78 is 0. The fraction of sp³-hybridized carbons (Fsp3) is 0.308. The number of carbonyl (C=O) groups is 2. The van der Waals surface area contributed by atoms with Crippen molar-refractivity contribution in [1.29, 1.82) is 0 Å². The molecule has 1 heterocycles. The average molecular weight is 450 g/mol. The van der Waals surface area contributed by atoms with E-state index in [9.17, 15) is 9.59 Å². The van der Waals surface area contributed by atoms with Gasteiger partial charge >= 0.3 is 6.03 Å². The number of urea groups is 1. The largest absolute Gasteiger partial charge is 0.332 e. The number of nitrogens with zero attached hydrogens (tertiary/aromatic N) is 2. The number of rotatable bonds is 8. The number of aryl methyl sites for hydroxylation is 2. The molecule has 0 aliphatic carbocycles. The molecule has 6 heteroatoms. The quantitative estimate of drug-likeness (QED) is 0.470. The van der Waals surface area contributed by atoms with Crippen LogP contribution < -0.4 is 5.32 Å². The van der Waals surface area contributed by atoms with Crippen LogP contribution in [0, 0.1) is 13.8 Å². The molecule has 0 aliphatic rings. The van der Waals surface area contributed by atoms with Crippen molar-refractivity contribution in [3.05, 3.63) is 87.6 Å². The number of benzene rings is 2. The summed E-state index contributed by atoms with van der Waals surface area (Å²) in [5.74, 6) is -0.0754. The standard InChI is InChI=1S/C26H31N3O2S/c1-19(2)29(26(31)27-24-13-9-8-10-20(24)3)18-25(30)28(16-22-11-6-5-7-12-22)17-23-15-14-21(4)32-23/h5-15,19H,16-18H2,1-4H3,(H,27,31). The van der Waals surface area contributed by atoms with Crippen LogP contribution in [0.25, 0.3) is 0 Å². The van der Waals surface area contributed by atoms with Crippen molar-refractivity contribution in [1.82, 2.24) is 9.80 Å². The van der Waals surface area contributed by atoms with Gasteiger partial charge in [0.1, 0.15) is 6.54 Å². The lowest BCUT2D eigenvalue weighted by Gasteiger charge is -2.30. The number of anilines is 1. The van der Waals surface area contributed by atoms with Crippen LogP contribution >= 0.6 is 11.3 Å². The smallest absolute Gasteiger partial charge is 0.322 e. The normalized spacial score (nSPS) is 10.8. The van der Waals surface area contributed by atoms with Crippen molar-refractivity contribution >= 4 is 29.0 Å². The Morgan fingerprint density at radius 2 is 1.59 bits per heavy atom. The van der Waals surface area contributed by atoms with Crippen LogP contribution in [0.15, 0.2) is 66.7 Å². The van der Waals surface area contributed by atoms with Crippen LogP contribution in [0.3, 0.4) is 0 Å². The van der Waals surface area contributed by atoms with Gasteiger partial charge in [-0.3, -0.25) is 4.79 Å². The maximum atomic E-state index is 13.4. The van der Waals surface area contributed by atoms with Gasteiger partial charge in [0.2, 0.25) is 5.91 Å². The second-order valence-corrected chi connectivity index (χ2v) is 9.59. The van der Waals surface area contributed by atoms with E-state index in [1.54, 1.807) is 16.2 Å². The van der Waals surface area contributed by atoms with Crippen molar-refractivity contribution in [3.63, 3.8) is 0 Å². The summed E-state index contributed by atoms with van der Waals surface area (Å²) in [7, 11) is 0. The highest BCUT2D eigenvalue weighted by atomic mass is 32.1. The molecule has 3 rings (SSSR count). The van der Waals surface area contributed by atoms with E-state index in [1.807, 2.05) is 80.3 Å². The number of hydrogen-bond acceptors (Lipinski definition) is 3. The van der Waals surface area contributed by atoms with Crippen molar-refractivity contribution in [3.8, 4) is 0 Å². The van der Waals surface area contributed by atoms with E-state index in [1.165, 1.54) is 4.88 Å². The van der Waals surface area contributed by atoms with Crippen LogP contribution in [0.2, 0.25) is 0 Å². The van der Waals surface area contributed by atoms with Crippen LogP contribution in [-0.4, -0.2) is 34.3 Å². The van der Waals surface area contributed by atoms with Gasteiger partial charge in [-0.05, 0) is 57.0 Å². The monoisotopic (exact) mass is 449 g/mol. The van der Waals surface area contributed by atoms with Crippen molar-refractivity contribution < 1.29 is 9.59 Å². The molecule has 0 atom stereocenters. The first-order valence-corrected chi connectivity index (χ1v) is 11.7. The minimum atomic E-state index is -0.269. The molecule has 0 spiro atoms. The molecule has 0 saturated carbocycles. The molecule has 0 aliphatic heterocycles. The second kappa shape index (κ2) is 11.0. The van der Waals surface area contributed by atoms with Crippen LogP contribution in [0.5, 0.6) is 0 Å². The van der Waals surface area contributed by atoms with Gasteiger partial charge < -0.3 is 15.1 Å². The molecule has 3 aromatic rings. The molecule has 0 bridgehead atoms. The van der Waals surface area contributed by atoms with E-state index >= 15 is 0 Å². The zero-order valence-electron chi connectivity index (χ0n) is 19.2. The number of thiophene rings is 1. The van der Waals surface area contributed by atoms with Gasteiger partial charge in [0.25, 0.3) is 0 Å². The van der Waals surface area contributed by atoms with E-state index in [0.29, 0.717) is 13.1 Å². The first kappa shape index (κ1) is 23.5. The number of amides is 3. The second-order valence-electron chi connectivity index (χ2n) is 8.21. The van der Waals surface area contributed by atoms with Crippen LogP contribution in [-0.2, 0) is 17.9 Å². The molecule has 0 unspecified atom stereocenters. The predicted octanol–water partition coefficient (Wildman–Crippen LogP) is 5.84. The van der Waals surface area contributed by atoms with Gasteiger partial charge in [-0.2, -0.15) is 0 Å². The maximum absolute atomic E-state index is 13.4. The summed E-state index contributed by atoms with van der Waals surface area (Å²) in [6.45, 7) is 8.91. The molecular formula is C26H31N3O2S. The lowest BCUT2D eigenvalue weighted by atomic mass is 10.2. The van der Waals surface area contributed by atoms with E-state index in [-0.39, 0.29) is 24.5 Å². The summed E-state index contributed by atoms with van der Waals surface area (Å²) in [5.41, 5.74) is 2.80. The van der Waals surface area contributed by atoms with Crippen molar-refractivity contribution in [2.45, 2.75) is 46.8 Å². The Morgan fingerprint density at radius 1 is 0.906 bits per heavy atom. The third-order valence-electron chi connectivity index (χ3n) is 5.29. The van der Waals surface area contributed by atoms with Gasteiger partial charge in [0, 0.05) is 28.0 Å². The zero-order chi connectivity index (χ0) is 23.1. The Kier molecular flexibility index (Phi) is 8.06. The third-order valence-corrected chi connectivity index (χ3v) is 6.27. The van der Waals surface area contributed by atoms with E-state index < -0.39 is 0 Å². The van der Waals surface area contributed by atoms with Crippen molar-refractivity contribution in [2.24, 2.45) is 0 Å². The Labute approximate surface area is 194 Å². The highest BCUT2D eigenvalue weighted by Gasteiger charge is 2.24. The molecule has 32 heavy (non-hydrogen) atoms. The number of hydrogen-bond donors (Lipinski definition) is 1. The van der Waals surface area contributed by atoms with Gasteiger partial charge in [-0.25, -0.2) is 4.79 Å². The summed E-state index contributed by atoms with van der Waals surface area (Å²) in [4.78, 5) is 32.2. The summed E-state index contributed by atoms with van der Waals surface area (Å²) in [6.07, 6.45) is 0. The van der Waals surface area contributed by atoms with Crippen LogP contribution in [0.4, 0.5) is 10.5 Å². The topological polar surface area (TPSA) is 52.7 Å². The summed E-state index contributed by atoms with van der Waals surface area (Å²) in [5, 5.41) is 2.96. The van der Waals surface area contributed by atoms with Gasteiger partial charge in [-0.15, -0.1) is 11.3 Å². The molecule has 3 amide bonds. The lowest BCUT2D eigenvalue weighted by molar-refractivity contribution is -0.133. The van der Waals surface area contributed by atoms with E-state index in [2.05, 4.69) is 24.4 Å². The lowest BCUT2D eigenvalue weighted by Crippen LogP contribution is -2.47. The number of carbonyl (C=O) groups excluding carboxylic acids is 2. The predicted molar refractivity (Wildman–Crippen MR) is 132 cm³/mol. The number of para-hydroxylation sites is 1. The molecule has 2 aromatic carbocycles. The zero-order valence-corrected chi connectivity index (χ0v) is 20.0. The summed E-state index contributed by atoms with van der Waals surface area (Å²) in [6, 6.07) is 21.3. The molecule has 5 nitrogen and oxygen atoms in total. The SMILES string of the molecule is Cc1ccc(CN(Cc2ccccc2)C(=O)CN(C(=O)Nc2ccccc2C)C(C)C)s1. The molecular weight excluding hydrogens is 418 g/mol. The molecule has 1 N–H and O–H groups in total. The first-order chi connectivity index (χ1) is 15.3. The molecule has 1 aromatic heterocycles. The van der Waals surface area contributed by atoms with Crippen LogP contribution in [0.1, 0.15) is 34.7 Å². The minimum Gasteiger partial charge on any atom is -0.332 e.